The van der Waals surface area contributed by atoms with Crippen molar-refractivity contribution in [3.63, 3.8) is 0 Å². The van der Waals surface area contributed by atoms with Crippen molar-refractivity contribution in [1.29, 1.82) is 0 Å². The largest absolute Gasteiger partial charge is 0.396 e. The van der Waals surface area contributed by atoms with E-state index in [1.165, 1.54) is 0 Å². The van der Waals surface area contributed by atoms with Crippen molar-refractivity contribution in [3.8, 4) is 5.69 Å². The summed E-state index contributed by atoms with van der Waals surface area (Å²) in [5.41, 5.74) is 8.36. The normalized spacial score (nSPS) is 11.0. The summed E-state index contributed by atoms with van der Waals surface area (Å²) in [6, 6.07) is 7.57. The molecule has 0 fully saturated rings. The van der Waals surface area contributed by atoms with Crippen LogP contribution in [0, 0.1) is 0 Å². The van der Waals surface area contributed by atoms with Gasteiger partial charge in [-0.25, -0.2) is 4.68 Å². The van der Waals surface area contributed by atoms with E-state index >= 15 is 0 Å². The minimum atomic E-state index is 0.309. The molecule has 16 heavy (non-hydrogen) atoms. The molecule has 0 saturated carbocycles. The van der Waals surface area contributed by atoms with Crippen LogP contribution >= 0.6 is 11.6 Å². The number of anilines is 1. The van der Waals surface area contributed by atoms with Crippen molar-refractivity contribution in [2.24, 2.45) is 0 Å². The summed E-state index contributed by atoms with van der Waals surface area (Å²) in [5, 5.41) is 5.11. The maximum atomic E-state index is 6.10. The Morgan fingerprint density at radius 2 is 2.00 bits per heavy atom. The Bertz CT molecular complexity index is 503. The zero-order chi connectivity index (χ0) is 11.7. The summed E-state index contributed by atoms with van der Waals surface area (Å²) in [6.07, 6.45) is 1.80. The van der Waals surface area contributed by atoms with E-state index in [0.717, 1.165) is 11.4 Å². The van der Waals surface area contributed by atoms with Gasteiger partial charge in [-0.15, -0.1) is 0 Å². The van der Waals surface area contributed by atoms with Crippen molar-refractivity contribution in [2.45, 2.75) is 19.8 Å². The molecule has 0 aliphatic heterocycles. The fourth-order valence-corrected chi connectivity index (χ4v) is 1.83. The third kappa shape index (κ3) is 1.91. The van der Waals surface area contributed by atoms with Crippen LogP contribution in [0.15, 0.2) is 30.5 Å². The quantitative estimate of drug-likeness (QED) is 0.869. The predicted molar refractivity (Wildman–Crippen MR) is 67.1 cm³/mol. The smallest absolute Gasteiger partial charge is 0.0883 e. The van der Waals surface area contributed by atoms with E-state index in [2.05, 4.69) is 18.9 Å². The minimum absolute atomic E-state index is 0.309. The monoisotopic (exact) mass is 235 g/mol. The van der Waals surface area contributed by atoms with E-state index in [9.17, 15) is 0 Å². The summed E-state index contributed by atoms with van der Waals surface area (Å²) >= 11 is 6.10. The number of halogens is 1. The van der Waals surface area contributed by atoms with E-state index in [0.29, 0.717) is 16.6 Å². The first-order valence-electron chi connectivity index (χ1n) is 5.19. The van der Waals surface area contributed by atoms with Gasteiger partial charge in [0.25, 0.3) is 0 Å². The number of hydrogen-bond acceptors (Lipinski definition) is 2. The van der Waals surface area contributed by atoms with Gasteiger partial charge < -0.3 is 5.73 Å². The Kier molecular flexibility index (Phi) is 2.88. The lowest BCUT2D eigenvalue weighted by Gasteiger charge is -2.03. The van der Waals surface area contributed by atoms with E-state index in [1.54, 1.807) is 10.9 Å². The summed E-state index contributed by atoms with van der Waals surface area (Å²) < 4.78 is 1.73. The summed E-state index contributed by atoms with van der Waals surface area (Å²) in [4.78, 5) is 0. The maximum Gasteiger partial charge on any atom is 0.0883 e. The molecule has 0 amide bonds. The van der Waals surface area contributed by atoms with Crippen LogP contribution in [-0.2, 0) is 0 Å². The van der Waals surface area contributed by atoms with Crippen LogP contribution in [0.5, 0.6) is 0 Å². The highest BCUT2D eigenvalue weighted by molar-refractivity contribution is 6.32. The number of nitrogen functional groups attached to an aromatic ring is 1. The van der Waals surface area contributed by atoms with Gasteiger partial charge in [-0.1, -0.05) is 37.6 Å². The third-order valence-electron chi connectivity index (χ3n) is 2.42. The molecule has 2 rings (SSSR count). The number of benzene rings is 1. The van der Waals surface area contributed by atoms with Gasteiger partial charge in [0, 0.05) is 0 Å². The molecule has 0 atom stereocenters. The number of aromatic nitrogens is 2. The molecule has 1 aromatic carbocycles. The van der Waals surface area contributed by atoms with Crippen molar-refractivity contribution in [3.05, 3.63) is 41.2 Å². The molecule has 84 valence electrons. The highest BCUT2D eigenvalue weighted by atomic mass is 35.5. The molecule has 3 nitrogen and oxygen atoms in total. The van der Waals surface area contributed by atoms with Crippen LogP contribution < -0.4 is 5.73 Å². The predicted octanol–water partition coefficient (Wildman–Crippen LogP) is 3.23. The molecule has 0 radical (unpaired) electrons. The Morgan fingerprint density at radius 3 is 2.56 bits per heavy atom. The lowest BCUT2D eigenvalue weighted by molar-refractivity contribution is 0.769. The van der Waals surface area contributed by atoms with Crippen LogP contribution in [0.2, 0.25) is 5.02 Å². The number of para-hydroxylation sites is 1. The maximum absolute atomic E-state index is 6.10. The zero-order valence-electron chi connectivity index (χ0n) is 9.31. The second-order valence-corrected chi connectivity index (χ2v) is 4.43. The van der Waals surface area contributed by atoms with Crippen LogP contribution in [0.3, 0.4) is 0 Å². The van der Waals surface area contributed by atoms with Gasteiger partial charge in [-0.05, 0) is 18.1 Å². The van der Waals surface area contributed by atoms with Crippen LogP contribution in [0.4, 0.5) is 5.69 Å². The van der Waals surface area contributed by atoms with Crippen molar-refractivity contribution in [2.75, 3.05) is 5.73 Å². The molecule has 0 bridgehead atoms. The first-order chi connectivity index (χ1) is 7.59. The Balaban J connectivity index is 2.50. The SMILES string of the molecule is CC(C)c1nn(-c2ccccc2Cl)cc1N. The van der Waals surface area contributed by atoms with Gasteiger partial charge in [0.2, 0.25) is 0 Å². The van der Waals surface area contributed by atoms with Crippen molar-refractivity contribution >= 4 is 17.3 Å². The standard InChI is InChI=1S/C12H14ClN3/c1-8(2)12-10(14)7-16(15-12)11-6-4-3-5-9(11)13/h3-8H,14H2,1-2H3. The van der Waals surface area contributed by atoms with Crippen LogP contribution in [-0.4, -0.2) is 9.78 Å². The molecule has 4 heteroatoms. The molecule has 0 aliphatic carbocycles. The van der Waals surface area contributed by atoms with Gasteiger partial charge in [0.05, 0.1) is 28.3 Å². The molecule has 1 aromatic heterocycles. The summed E-state index contributed by atoms with van der Waals surface area (Å²) in [5.74, 6) is 0.309. The summed E-state index contributed by atoms with van der Waals surface area (Å²) in [7, 11) is 0. The Hall–Kier alpha value is -1.48. The topological polar surface area (TPSA) is 43.8 Å². The number of nitrogens with two attached hydrogens (primary N) is 1. The number of nitrogens with zero attached hydrogens (tertiary/aromatic N) is 2. The highest BCUT2D eigenvalue weighted by Crippen LogP contribution is 2.24. The van der Waals surface area contributed by atoms with Gasteiger partial charge in [0.1, 0.15) is 0 Å². The molecule has 0 unspecified atom stereocenters. The molecule has 0 aliphatic rings. The van der Waals surface area contributed by atoms with Gasteiger partial charge in [-0.3, -0.25) is 0 Å². The average molecular weight is 236 g/mol. The highest BCUT2D eigenvalue weighted by Gasteiger charge is 2.11. The lowest BCUT2D eigenvalue weighted by Crippen LogP contribution is -1.98. The van der Waals surface area contributed by atoms with Gasteiger partial charge in [0.15, 0.2) is 0 Å². The number of hydrogen-bond donors (Lipinski definition) is 1. The molecule has 0 spiro atoms. The molecule has 0 saturated heterocycles. The molecular formula is C12H14ClN3. The van der Waals surface area contributed by atoms with Crippen LogP contribution in [0.25, 0.3) is 5.69 Å². The molecule has 1 heterocycles. The third-order valence-corrected chi connectivity index (χ3v) is 2.74. The Morgan fingerprint density at radius 1 is 1.31 bits per heavy atom. The van der Waals surface area contributed by atoms with E-state index in [-0.39, 0.29) is 0 Å². The van der Waals surface area contributed by atoms with E-state index in [1.807, 2.05) is 24.3 Å². The van der Waals surface area contributed by atoms with E-state index in [4.69, 9.17) is 17.3 Å². The van der Waals surface area contributed by atoms with Gasteiger partial charge >= 0.3 is 0 Å². The fraction of sp³-hybridized carbons (Fsp3) is 0.250. The molecular weight excluding hydrogens is 222 g/mol. The van der Waals surface area contributed by atoms with Gasteiger partial charge in [-0.2, -0.15) is 5.10 Å². The first-order valence-corrected chi connectivity index (χ1v) is 5.57. The van der Waals surface area contributed by atoms with Crippen LogP contribution in [0.1, 0.15) is 25.5 Å². The van der Waals surface area contributed by atoms with Crippen molar-refractivity contribution < 1.29 is 0 Å². The van der Waals surface area contributed by atoms with Crippen molar-refractivity contribution in [1.82, 2.24) is 9.78 Å². The minimum Gasteiger partial charge on any atom is -0.396 e. The fourth-order valence-electron chi connectivity index (χ4n) is 1.61. The second-order valence-electron chi connectivity index (χ2n) is 4.02. The summed E-state index contributed by atoms with van der Waals surface area (Å²) in [6.45, 7) is 4.13. The lowest BCUT2D eigenvalue weighted by atomic mass is 10.1. The first kappa shape index (κ1) is 11.0. The van der Waals surface area contributed by atoms with E-state index < -0.39 is 0 Å². The molecule has 2 N–H and O–H groups in total. The second kappa shape index (κ2) is 4.18. The Labute approximate surface area is 99.8 Å². The zero-order valence-corrected chi connectivity index (χ0v) is 10.1. The molecule has 2 aromatic rings. The average Bonchev–Trinajstić information content (AvgIpc) is 2.61. The number of rotatable bonds is 2.